The molecule has 5 nitrogen and oxygen atoms in total. The predicted molar refractivity (Wildman–Crippen MR) is 70.7 cm³/mol. The molecular formula is C12H7BrF2N2O3. The van der Waals surface area contributed by atoms with Gasteiger partial charge in [-0.1, -0.05) is 15.9 Å². The number of carbonyl (C=O) groups excluding carboxylic acids is 1. The second-order valence-electron chi connectivity index (χ2n) is 3.82. The molecule has 0 fully saturated rings. The fourth-order valence-corrected chi connectivity index (χ4v) is 1.91. The first-order valence-electron chi connectivity index (χ1n) is 5.26. The maximum Gasteiger partial charge on any atom is 0.256 e. The van der Waals surface area contributed by atoms with Gasteiger partial charge in [0.2, 0.25) is 0 Å². The highest BCUT2D eigenvalue weighted by atomic mass is 79.9. The molecule has 0 unspecified atom stereocenters. The summed E-state index contributed by atoms with van der Waals surface area (Å²) in [5, 5.41) is 11.2. The minimum atomic E-state index is -0.973. The lowest BCUT2D eigenvalue weighted by atomic mass is 10.2. The minimum absolute atomic E-state index is 0.180. The van der Waals surface area contributed by atoms with E-state index in [0.717, 1.165) is 24.3 Å². The Morgan fingerprint density at radius 1 is 1.20 bits per heavy atom. The van der Waals surface area contributed by atoms with E-state index < -0.39 is 34.7 Å². The first kappa shape index (κ1) is 14.2. The van der Waals surface area contributed by atoms with Gasteiger partial charge >= 0.3 is 0 Å². The Labute approximate surface area is 119 Å². The van der Waals surface area contributed by atoms with Crippen molar-refractivity contribution in [3.8, 4) is 5.88 Å². The SMILES string of the molecule is O=C(Nc1c(F)cc(Br)cc1F)c1cc(O)[nH]c(=O)c1. The molecule has 0 aliphatic heterocycles. The predicted octanol–water partition coefficient (Wildman–Crippen LogP) is 2.37. The van der Waals surface area contributed by atoms with E-state index >= 15 is 0 Å². The maximum atomic E-state index is 13.5. The second-order valence-corrected chi connectivity index (χ2v) is 4.73. The van der Waals surface area contributed by atoms with Gasteiger partial charge in [0.05, 0.1) is 5.56 Å². The summed E-state index contributed by atoms with van der Waals surface area (Å²) in [7, 11) is 0. The van der Waals surface area contributed by atoms with Crippen LogP contribution in [-0.4, -0.2) is 16.0 Å². The van der Waals surface area contributed by atoms with Crippen LogP contribution in [0, 0.1) is 11.6 Å². The third-order valence-electron chi connectivity index (χ3n) is 2.34. The molecule has 1 aromatic heterocycles. The molecule has 0 aliphatic carbocycles. The first-order valence-corrected chi connectivity index (χ1v) is 6.05. The van der Waals surface area contributed by atoms with E-state index in [0.29, 0.717) is 0 Å². The van der Waals surface area contributed by atoms with Gasteiger partial charge in [0.1, 0.15) is 5.69 Å². The van der Waals surface area contributed by atoms with Gasteiger partial charge in [-0.05, 0) is 12.1 Å². The van der Waals surface area contributed by atoms with Crippen LogP contribution in [0.4, 0.5) is 14.5 Å². The van der Waals surface area contributed by atoms with Gasteiger partial charge in [-0.3, -0.25) is 14.6 Å². The number of pyridine rings is 1. The highest BCUT2D eigenvalue weighted by Gasteiger charge is 2.15. The van der Waals surface area contributed by atoms with Gasteiger partial charge in [0.25, 0.3) is 11.5 Å². The van der Waals surface area contributed by atoms with Crippen LogP contribution < -0.4 is 10.9 Å². The number of carbonyl (C=O) groups is 1. The van der Waals surface area contributed by atoms with E-state index in [4.69, 9.17) is 5.11 Å². The number of nitrogens with one attached hydrogen (secondary N) is 2. The van der Waals surface area contributed by atoms with E-state index in [2.05, 4.69) is 15.9 Å². The van der Waals surface area contributed by atoms with Gasteiger partial charge in [-0.2, -0.15) is 0 Å². The summed E-state index contributed by atoms with van der Waals surface area (Å²) >= 11 is 2.91. The lowest BCUT2D eigenvalue weighted by Gasteiger charge is -2.08. The third kappa shape index (κ3) is 3.02. The number of aromatic amines is 1. The fraction of sp³-hybridized carbons (Fsp3) is 0. The zero-order valence-electron chi connectivity index (χ0n) is 9.71. The molecule has 0 bridgehead atoms. The first-order chi connectivity index (χ1) is 9.36. The van der Waals surface area contributed by atoms with Crippen LogP contribution >= 0.6 is 15.9 Å². The van der Waals surface area contributed by atoms with E-state index in [-0.39, 0.29) is 10.0 Å². The molecule has 2 rings (SSSR count). The number of benzene rings is 1. The number of aromatic nitrogens is 1. The standard InChI is InChI=1S/C12H7BrF2N2O3/c13-6-3-7(14)11(8(15)4-6)17-12(20)5-1-9(18)16-10(19)2-5/h1-4H,(H,17,20)(H2,16,18,19). The van der Waals surface area contributed by atoms with Crippen molar-refractivity contribution < 1.29 is 18.7 Å². The van der Waals surface area contributed by atoms with Crippen molar-refractivity contribution in [3.05, 3.63) is 56.3 Å². The zero-order valence-corrected chi connectivity index (χ0v) is 11.3. The van der Waals surface area contributed by atoms with Crippen LogP contribution in [0.25, 0.3) is 0 Å². The van der Waals surface area contributed by atoms with Crippen LogP contribution in [-0.2, 0) is 0 Å². The number of hydrogen-bond acceptors (Lipinski definition) is 3. The van der Waals surface area contributed by atoms with E-state index in [1.54, 1.807) is 0 Å². The zero-order chi connectivity index (χ0) is 14.9. The Morgan fingerprint density at radius 3 is 2.35 bits per heavy atom. The Balaban J connectivity index is 2.35. The quantitative estimate of drug-likeness (QED) is 0.782. The van der Waals surface area contributed by atoms with Crippen LogP contribution in [0.15, 0.2) is 33.5 Å². The lowest BCUT2D eigenvalue weighted by Crippen LogP contribution is -2.17. The van der Waals surface area contributed by atoms with E-state index in [1.807, 2.05) is 10.3 Å². The largest absolute Gasteiger partial charge is 0.494 e. The van der Waals surface area contributed by atoms with Crippen molar-refractivity contribution in [1.82, 2.24) is 4.98 Å². The molecule has 0 saturated heterocycles. The van der Waals surface area contributed by atoms with Gasteiger partial charge in [-0.25, -0.2) is 8.78 Å². The summed E-state index contributed by atoms with van der Waals surface area (Å²) in [5.41, 5.74) is -1.59. The number of H-pyrrole nitrogens is 1. The minimum Gasteiger partial charge on any atom is -0.494 e. The van der Waals surface area contributed by atoms with Gasteiger partial charge in [0, 0.05) is 16.6 Å². The smallest absolute Gasteiger partial charge is 0.256 e. The summed E-state index contributed by atoms with van der Waals surface area (Å²) < 4.78 is 27.3. The number of halogens is 3. The molecular weight excluding hydrogens is 338 g/mol. The molecule has 3 N–H and O–H groups in total. The molecule has 0 radical (unpaired) electrons. The Hall–Kier alpha value is -2.22. The monoisotopic (exact) mass is 344 g/mol. The van der Waals surface area contributed by atoms with Crippen molar-refractivity contribution in [2.75, 3.05) is 5.32 Å². The second kappa shape index (κ2) is 5.41. The van der Waals surface area contributed by atoms with Crippen molar-refractivity contribution in [1.29, 1.82) is 0 Å². The Morgan fingerprint density at radius 2 is 1.80 bits per heavy atom. The molecule has 8 heteroatoms. The van der Waals surface area contributed by atoms with E-state index in [9.17, 15) is 18.4 Å². The Kier molecular flexibility index (Phi) is 3.84. The molecule has 1 aromatic carbocycles. The molecule has 1 amide bonds. The number of amides is 1. The molecule has 0 atom stereocenters. The molecule has 1 heterocycles. The molecule has 20 heavy (non-hydrogen) atoms. The van der Waals surface area contributed by atoms with Crippen LogP contribution in [0.2, 0.25) is 0 Å². The van der Waals surface area contributed by atoms with E-state index in [1.165, 1.54) is 0 Å². The molecule has 2 aromatic rings. The number of hydrogen-bond donors (Lipinski definition) is 3. The van der Waals surface area contributed by atoms with Crippen LogP contribution in [0.3, 0.4) is 0 Å². The highest BCUT2D eigenvalue weighted by molar-refractivity contribution is 9.10. The van der Waals surface area contributed by atoms with Crippen molar-refractivity contribution in [2.24, 2.45) is 0 Å². The molecule has 0 aliphatic rings. The number of rotatable bonds is 2. The summed E-state index contributed by atoms with van der Waals surface area (Å²) in [6, 6.07) is 3.82. The van der Waals surface area contributed by atoms with Crippen molar-refractivity contribution >= 4 is 27.5 Å². The van der Waals surface area contributed by atoms with Gasteiger partial charge in [-0.15, -0.1) is 0 Å². The topological polar surface area (TPSA) is 82.2 Å². The van der Waals surface area contributed by atoms with Crippen molar-refractivity contribution in [2.45, 2.75) is 0 Å². The average molecular weight is 345 g/mol. The molecule has 104 valence electrons. The summed E-state index contributed by atoms with van der Waals surface area (Å²) in [6.45, 7) is 0. The lowest BCUT2D eigenvalue weighted by molar-refractivity contribution is 0.102. The maximum absolute atomic E-state index is 13.5. The average Bonchev–Trinajstić information content (AvgIpc) is 2.32. The van der Waals surface area contributed by atoms with Crippen molar-refractivity contribution in [3.63, 3.8) is 0 Å². The number of anilines is 1. The Bertz CT molecular complexity index is 723. The third-order valence-corrected chi connectivity index (χ3v) is 2.80. The molecule has 0 saturated carbocycles. The normalized spacial score (nSPS) is 10.3. The molecule has 0 spiro atoms. The summed E-state index contributed by atoms with van der Waals surface area (Å²) in [4.78, 5) is 24.9. The summed E-state index contributed by atoms with van der Waals surface area (Å²) in [6.07, 6.45) is 0. The highest BCUT2D eigenvalue weighted by Crippen LogP contribution is 2.24. The van der Waals surface area contributed by atoms with Gasteiger partial charge in [0.15, 0.2) is 17.5 Å². The van der Waals surface area contributed by atoms with Crippen LogP contribution in [0.1, 0.15) is 10.4 Å². The van der Waals surface area contributed by atoms with Crippen LogP contribution in [0.5, 0.6) is 5.88 Å². The van der Waals surface area contributed by atoms with Gasteiger partial charge < -0.3 is 10.4 Å². The fourth-order valence-electron chi connectivity index (χ4n) is 1.51. The number of aromatic hydroxyl groups is 1. The summed E-state index contributed by atoms with van der Waals surface area (Å²) in [5.74, 6) is -3.40.